The first-order valence-corrected chi connectivity index (χ1v) is 9.81. The zero-order chi connectivity index (χ0) is 19.3. The van der Waals surface area contributed by atoms with E-state index in [4.69, 9.17) is 0 Å². The van der Waals surface area contributed by atoms with E-state index in [-0.39, 0.29) is 18.5 Å². The monoisotopic (exact) mass is 378 g/mol. The Balaban J connectivity index is 0.00000205. The van der Waals surface area contributed by atoms with Crippen molar-refractivity contribution in [2.45, 2.75) is 32.6 Å². The Morgan fingerprint density at radius 3 is 2.46 bits per heavy atom. The number of allylic oxidation sites excluding steroid dienone is 1. The number of halogens is 2. The summed E-state index contributed by atoms with van der Waals surface area (Å²) in [5, 5.41) is 4.58. The first-order chi connectivity index (χ1) is 13.5. The van der Waals surface area contributed by atoms with E-state index in [9.17, 15) is 8.78 Å². The lowest BCUT2D eigenvalue weighted by Gasteiger charge is -2.36. The summed E-state index contributed by atoms with van der Waals surface area (Å²) in [6, 6.07) is 13.4. The Labute approximate surface area is 165 Å². The van der Waals surface area contributed by atoms with Crippen molar-refractivity contribution in [3.63, 3.8) is 0 Å². The Bertz CT molecular complexity index is 1050. The molecule has 0 spiro atoms. The molecule has 144 valence electrons. The molecule has 1 fully saturated rings. The predicted molar refractivity (Wildman–Crippen MR) is 108 cm³/mol. The highest BCUT2D eigenvalue weighted by molar-refractivity contribution is 5.62. The highest BCUT2D eigenvalue weighted by Gasteiger charge is 2.45. The summed E-state index contributed by atoms with van der Waals surface area (Å²) < 4.78 is 28.4. The molecule has 0 radical (unpaired) electrons. The van der Waals surface area contributed by atoms with Gasteiger partial charge in [-0.25, -0.2) is 13.5 Å². The summed E-state index contributed by atoms with van der Waals surface area (Å²) in [6.07, 6.45) is 8.39. The van der Waals surface area contributed by atoms with E-state index >= 15 is 0 Å². The van der Waals surface area contributed by atoms with Gasteiger partial charge in [-0.05, 0) is 90.6 Å². The van der Waals surface area contributed by atoms with Crippen molar-refractivity contribution < 1.29 is 10.2 Å². The zero-order valence-corrected chi connectivity index (χ0v) is 15.8. The molecule has 1 unspecified atom stereocenters. The predicted octanol–water partition coefficient (Wildman–Crippen LogP) is 6.00. The largest absolute Gasteiger partial charge is 0.233 e. The number of nitrogens with zero attached hydrogens (tertiary/aromatic N) is 2. The molecule has 3 aromatic rings. The normalized spacial score (nSPS) is 23.2. The second-order valence-electron chi connectivity index (χ2n) is 8.27. The fourth-order valence-electron chi connectivity index (χ4n) is 4.95. The van der Waals surface area contributed by atoms with E-state index in [1.54, 1.807) is 24.3 Å². The lowest BCUT2D eigenvalue weighted by Crippen LogP contribution is -2.30. The maximum Gasteiger partial charge on any atom is 0.123 e. The standard InChI is InChI=1S/C24H22F2N2.H2/c1-24-14-17-15-27-28(22-10-8-21(26)9-11-22)23(17)13-19(24)5-4-18(24)12-16-2-6-20(25)7-3-16;/h2-3,6-11,13,15,18H,4-5,12,14H2,1H3;1H/t18?,24-;/m1./s1. The molecule has 2 aromatic carbocycles. The van der Waals surface area contributed by atoms with Crippen LogP contribution in [0.1, 0.15) is 38.0 Å². The number of rotatable bonds is 3. The summed E-state index contributed by atoms with van der Waals surface area (Å²) in [4.78, 5) is 0. The van der Waals surface area contributed by atoms with Gasteiger partial charge in [0.15, 0.2) is 0 Å². The van der Waals surface area contributed by atoms with Crippen molar-refractivity contribution >= 4 is 6.08 Å². The molecule has 0 amide bonds. The summed E-state index contributed by atoms with van der Waals surface area (Å²) in [7, 11) is 0. The van der Waals surface area contributed by atoms with Gasteiger partial charge in [-0.2, -0.15) is 5.10 Å². The van der Waals surface area contributed by atoms with Gasteiger partial charge < -0.3 is 0 Å². The summed E-state index contributed by atoms with van der Waals surface area (Å²) in [5.74, 6) is 0.110. The molecule has 0 N–H and O–H groups in total. The Kier molecular flexibility index (Phi) is 3.97. The molecular weight excluding hydrogens is 354 g/mol. The highest BCUT2D eigenvalue weighted by atomic mass is 19.1. The van der Waals surface area contributed by atoms with Crippen LogP contribution in [0.4, 0.5) is 8.78 Å². The minimum atomic E-state index is -0.241. The fraction of sp³-hybridized carbons (Fsp3) is 0.292. The van der Waals surface area contributed by atoms with Crippen LogP contribution in [0.25, 0.3) is 11.8 Å². The van der Waals surface area contributed by atoms with Gasteiger partial charge in [0.25, 0.3) is 0 Å². The van der Waals surface area contributed by atoms with Crippen LogP contribution in [0.3, 0.4) is 0 Å². The quantitative estimate of drug-likeness (QED) is 0.547. The van der Waals surface area contributed by atoms with E-state index < -0.39 is 0 Å². The molecule has 2 nitrogen and oxygen atoms in total. The number of fused-ring (bicyclic) bond motifs is 2. The molecular formula is C24H24F2N2. The molecule has 1 saturated carbocycles. The van der Waals surface area contributed by atoms with Gasteiger partial charge in [0.1, 0.15) is 11.6 Å². The highest BCUT2D eigenvalue weighted by Crippen LogP contribution is 2.54. The third kappa shape index (κ3) is 2.79. The van der Waals surface area contributed by atoms with E-state index in [2.05, 4.69) is 18.1 Å². The van der Waals surface area contributed by atoms with E-state index in [1.807, 2.05) is 23.0 Å². The van der Waals surface area contributed by atoms with Crippen molar-refractivity contribution in [3.05, 3.63) is 88.8 Å². The second kappa shape index (κ2) is 6.40. The smallest absolute Gasteiger partial charge is 0.123 e. The van der Waals surface area contributed by atoms with Gasteiger partial charge >= 0.3 is 0 Å². The van der Waals surface area contributed by atoms with Crippen LogP contribution in [0, 0.1) is 23.0 Å². The van der Waals surface area contributed by atoms with Crippen molar-refractivity contribution in [1.29, 1.82) is 0 Å². The molecule has 28 heavy (non-hydrogen) atoms. The molecule has 5 rings (SSSR count). The van der Waals surface area contributed by atoms with Gasteiger partial charge in [0.05, 0.1) is 17.6 Å². The third-order valence-electron chi connectivity index (χ3n) is 6.62. The average Bonchev–Trinajstić information content (AvgIpc) is 3.23. The molecule has 4 heteroatoms. The molecule has 2 aliphatic carbocycles. The SMILES string of the molecule is C[C@]12Cc3cnn(-c4ccc(F)cc4)c3C=C1CCC2Cc1ccc(F)cc1.[HH]. The number of hydrogen-bond acceptors (Lipinski definition) is 1. The van der Waals surface area contributed by atoms with E-state index in [1.165, 1.54) is 28.8 Å². The lowest BCUT2D eigenvalue weighted by molar-refractivity contribution is 0.270. The van der Waals surface area contributed by atoms with Gasteiger partial charge in [0, 0.05) is 1.43 Å². The lowest BCUT2D eigenvalue weighted by atomic mass is 9.68. The van der Waals surface area contributed by atoms with Crippen LogP contribution in [0.5, 0.6) is 0 Å². The Hall–Kier alpha value is -2.75. The van der Waals surface area contributed by atoms with Crippen molar-refractivity contribution in [1.82, 2.24) is 9.78 Å². The summed E-state index contributed by atoms with van der Waals surface area (Å²) >= 11 is 0. The topological polar surface area (TPSA) is 17.8 Å². The van der Waals surface area contributed by atoms with Crippen molar-refractivity contribution in [3.8, 4) is 5.69 Å². The van der Waals surface area contributed by atoms with Gasteiger partial charge in [-0.1, -0.05) is 24.6 Å². The fourth-order valence-corrected chi connectivity index (χ4v) is 4.95. The first kappa shape index (κ1) is 17.4. The van der Waals surface area contributed by atoms with Gasteiger partial charge in [-0.15, -0.1) is 0 Å². The minimum Gasteiger partial charge on any atom is -0.233 e. The maximum atomic E-state index is 13.3. The van der Waals surface area contributed by atoms with Crippen LogP contribution >= 0.6 is 0 Å². The van der Waals surface area contributed by atoms with Crippen LogP contribution in [0.2, 0.25) is 0 Å². The molecule has 1 aromatic heterocycles. The summed E-state index contributed by atoms with van der Waals surface area (Å²) in [5.41, 5.74) is 6.00. The second-order valence-corrected chi connectivity index (χ2v) is 8.27. The van der Waals surface area contributed by atoms with Crippen molar-refractivity contribution in [2.75, 3.05) is 0 Å². The third-order valence-corrected chi connectivity index (χ3v) is 6.62. The van der Waals surface area contributed by atoms with E-state index in [0.29, 0.717) is 5.92 Å². The zero-order valence-electron chi connectivity index (χ0n) is 15.8. The average molecular weight is 378 g/mol. The number of aromatic nitrogens is 2. The molecule has 1 heterocycles. The van der Waals surface area contributed by atoms with Crippen LogP contribution in [0.15, 0.2) is 60.3 Å². The first-order valence-electron chi connectivity index (χ1n) is 9.81. The Morgan fingerprint density at radius 1 is 1.07 bits per heavy atom. The van der Waals surface area contributed by atoms with Gasteiger partial charge in [-0.3, -0.25) is 0 Å². The molecule has 0 aliphatic heterocycles. The van der Waals surface area contributed by atoms with Crippen LogP contribution in [-0.4, -0.2) is 9.78 Å². The van der Waals surface area contributed by atoms with Crippen LogP contribution < -0.4 is 0 Å². The minimum absolute atomic E-state index is 0. The molecule has 0 saturated heterocycles. The molecule has 2 aliphatic rings. The molecule has 2 atom stereocenters. The van der Waals surface area contributed by atoms with Gasteiger partial charge in [0.2, 0.25) is 0 Å². The molecule has 0 bridgehead atoms. The van der Waals surface area contributed by atoms with E-state index in [0.717, 1.165) is 37.1 Å². The van der Waals surface area contributed by atoms with Crippen molar-refractivity contribution in [2.24, 2.45) is 11.3 Å². The summed E-state index contributed by atoms with van der Waals surface area (Å²) in [6.45, 7) is 2.36. The maximum absolute atomic E-state index is 13.3. The number of hydrogen-bond donors (Lipinski definition) is 0. The van der Waals surface area contributed by atoms with Crippen LogP contribution in [-0.2, 0) is 12.8 Å². The Morgan fingerprint density at radius 2 is 1.75 bits per heavy atom. The number of benzene rings is 2.